The van der Waals surface area contributed by atoms with Gasteiger partial charge >= 0.3 is 0 Å². The zero-order valence-electron chi connectivity index (χ0n) is 12.5. The molecule has 1 aromatic heterocycles. The molecule has 116 valence electrons. The number of hydrogen-bond acceptors (Lipinski definition) is 4. The van der Waals surface area contributed by atoms with Crippen LogP contribution in [0.3, 0.4) is 0 Å². The summed E-state index contributed by atoms with van der Waals surface area (Å²) in [7, 11) is 0. The lowest BCUT2D eigenvalue weighted by Gasteiger charge is -2.19. The summed E-state index contributed by atoms with van der Waals surface area (Å²) in [5.74, 6) is -0.564. The van der Waals surface area contributed by atoms with Gasteiger partial charge in [-0.1, -0.05) is 24.3 Å². The van der Waals surface area contributed by atoms with Gasteiger partial charge in [0.05, 0.1) is 18.2 Å². The number of rotatable bonds is 3. The summed E-state index contributed by atoms with van der Waals surface area (Å²) in [6.45, 7) is 0.461. The van der Waals surface area contributed by atoms with Gasteiger partial charge in [0.25, 0.3) is 5.91 Å². The van der Waals surface area contributed by atoms with Gasteiger partial charge in [-0.15, -0.1) is 0 Å². The Labute approximate surface area is 133 Å². The van der Waals surface area contributed by atoms with E-state index in [1.807, 2.05) is 24.3 Å². The molecule has 1 fully saturated rings. The first-order chi connectivity index (χ1) is 11.2. The Morgan fingerprint density at radius 2 is 2.17 bits per heavy atom. The van der Waals surface area contributed by atoms with Gasteiger partial charge in [-0.25, -0.2) is 0 Å². The number of nitrogens with one attached hydrogen (secondary N) is 1. The SMILES string of the molecule is N#C[C@@H]1CCCN1C(=O)CNC(=O)c1cncc2ccccc12. The fourth-order valence-corrected chi connectivity index (χ4v) is 2.85. The van der Waals surface area contributed by atoms with Crippen molar-refractivity contribution in [2.45, 2.75) is 18.9 Å². The predicted octanol–water partition coefficient (Wildman–Crippen LogP) is 1.48. The van der Waals surface area contributed by atoms with Gasteiger partial charge in [0, 0.05) is 24.3 Å². The summed E-state index contributed by atoms with van der Waals surface area (Å²) >= 11 is 0. The standard InChI is InChI=1S/C17H16N4O2/c18-8-13-5-3-7-21(13)16(22)11-20-17(23)15-10-19-9-12-4-1-2-6-14(12)15/h1-2,4,6,9-10,13H,3,5,7,11H2,(H,20,23)/t13-/m0/s1. The minimum absolute atomic E-state index is 0.111. The van der Waals surface area contributed by atoms with Crippen LogP contribution in [-0.2, 0) is 4.79 Å². The van der Waals surface area contributed by atoms with E-state index in [-0.39, 0.29) is 24.4 Å². The Kier molecular flexibility index (Phi) is 4.20. The molecule has 2 aromatic rings. The van der Waals surface area contributed by atoms with E-state index in [4.69, 9.17) is 5.26 Å². The number of hydrogen-bond donors (Lipinski definition) is 1. The fourth-order valence-electron chi connectivity index (χ4n) is 2.85. The largest absolute Gasteiger partial charge is 0.343 e. The van der Waals surface area contributed by atoms with Crippen LogP contribution in [0.5, 0.6) is 0 Å². The maximum Gasteiger partial charge on any atom is 0.253 e. The topological polar surface area (TPSA) is 86.1 Å². The number of amides is 2. The molecule has 3 rings (SSSR count). The highest BCUT2D eigenvalue weighted by atomic mass is 16.2. The molecule has 6 nitrogen and oxygen atoms in total. The second-order valence-corrected chi connectivity index (χ2v) is 5.47. The zero-order chi connectivity index (χ0) is 16.2. The summed E-state index contributed by atoms with van der Waals surface area (Å²) in [6, 6.07) is 9.21. The van der Waals surface area contributed by atoms with Crippen LogP contribution in [0.4, 0.5) is 0 Å². The van der Waals surface area contributed by atoms with E-state index < -0.39 is 0 Å². The Balaban J connectivity index is 1.70. The molecule has 1 atom stereocenters. The molecular formula is C17H16N4O2. The van der Waals surface area contributed by atoms with Gasteiger partial charge in [0.2, 0.25) is 5.91 Å². The normalized spacial score (nSPS) is 17.0. The Hall–Kier alpha value is -2.94. The lowest BCUT2D eigenvalue weighted by Crippen LogP contribution is -2.42. The minimum Gasteiger partial charge on any atom is -0.343 e. The van der Waals surface area contributed by atoms with Crippen LogP contribution < -0.4 is 5.32 Å². The van der Waals surface area contributed by atoms with Crippen molar-refractivity contribution in [1.82, 2.24) is 15.2 Å². The van der Waals surface area contributed by atoms with Crippen LogP contribution in [0, 0.1) is 11.3 Å². The summed E-state index contributed by atoms with van der Waals surface area (Å²) in [5.41, 5.74) is 0.439. The van der Waals surface area contributed by atoms with E-state index in [0.717, 1.165) is 17.2 Å². The highest BCUT2D eigenvalue weighted by molar-refractivity contribution is 6.07. The smallest absolute Gasteiger partial charge is 0.253 e. The van der Waals surface area contributed by atoms with Crippen LogP contribution >= 0.6 is 0 Å². The van der Waals surface area contributed by atoms with Crippen molar-refractivity contribution in [3.05, 3.63) is 42.2 Å². The molecule has 1 aliphatic rings. The zero-order valence-corrected chi connectivity index (χ0v) is 12.5. The summed E-state index contributed by atoms with van der Waals surface area (Å²) in [6.07, 6.45) is 4.71. The van der Waals surface area contributed by atoms with Crippen LogP contribution in [0.15, 0.2) is 36.7 Å². The molecule has 2 heterocycles. The van der Waals surface area contributed by atoms with Gasteiger partial charge in [0.1, 0.15) is 6.04 Å². The number of pyridine rings is 1. The van der Waals surface area contributed by atoms with Gasteiger partial charge in [-0.2, -0.15) is 5.26 Å². The second kappa shape index (κ2) is 6.44. The molecule has 0 spiro atoms. The molecule has 1 saturated heterocycles. The molecule has 6 heteroatoms. The van der Waals surface area contributed by atoms with Crippen LogP contribution in [0.2, 0.25) is 0 Å². The number of benzene rings is 1. The highest BCUT2D eigenvalue weighted by Crippen LogP contribution is 2.18. The molecule has 0 radical (unpaired) electrons. The molecular weight excluding hydrogens is 292 g/mol. The molecule has 0 unspecified atom stereocenters. The second-order valence-electron chi connectivity index (χ2n) is 5.47. The van der Waals surface area contributed by atoms with Crippen LogP contribution in [0.25, 0.3) is 10.8 Å². The van der Waals surface area contributed by atoms with Crippen molar-refractivity contribution < 1.29 is 9.59 Å². The van der Waals surface area contributed by atoms with Gasteiger partial charge in [-0.05, 0) is 18.2 Å². The Morgan fingerprint density at radius 1 is 1.35 bits per heavy atom. The van der Waals surface area contributed by atoms with Crippen molar-refractivity contribution in [2.24, 2.45) is 0 Å². The molecule has 2 amide bonds. The minimum atomic E-state index is -0.376. The van der Waals surface area contributed by atoms with Crippen molar-refractivity contribution >= 4 is 22.6 Å². The van der Waals surface area contributed by atoms with Gasteiger partial charge < -0.3 is 10.2 Å². The van der Waals surface area contributed by atoms with Crippen LogP contribution in [0.1, 0.15) is 23.2 Å². The number of nitrogens with zero attached hydrogens (tertiary/aromatic N) is 3. The third-order valence-corrected chi connectivity index (χ3v) is 4.04. The highest BCUT2D eigenvalue weighted by Gasteiger charge is 2.28. The van der Waals surface area contributed by atoms with E-state index in [0.29, 0.717) is 18.5 Å². The average molecular weight is 308 g/mol. The monoisotopic (exact) mass is 308 g/mol. The number of aromatic nitrogens is 1. The first-order valence-corrected chi connectivity index (χ1v) is 7.51. The molecule has 0 bridgehead atoms. The maximum atomic E-state index is 12.3. The predicted molar refractivity (Wildman–Crippen MR) is 84.4 cm³/mol. The Bertz CT molecular complexity index is 791. The summed E-state index contributed by atoms with van der Waals surface area (Å²) in [4.78, 5) is 30.1. The number of fused-ring (bicyclic) bond motifs is 1. The third-order valence-electron chi connectivity index (χ3n) is 4.04. The van der Waals surface area contributed by atoms with Crippen molar-refractivity contribution in [3.8, 4) is 6.07 Å². The van der Waals surface area contributed by atoms with Crippen LogP contribution in [-0.4, -0.2) is 40.8 Å². The van der Waals surface area contributed by atoms with E-state index in [1.54, 1.807) is 6.20 Å². The third kappa shape index (κ3) is 2.99. The lowest BCUT2D eigenvalue weighted by molar-refractivity contribution is -0.130. The average Bonchev–Trinajstić information content (AvgIpc) is 3.07. The molecule has 1 aliphatic heterocycles. The van der Waals surface area contributed by atoms with E-state index in [2.05, 4.69) is 16.4 Å². The quantitative estimate of drug-likeness (QED) is 0.930. The summed E-state index contributed by atoms with van der Waals surface area (Å²) in [5, 5.41) is 13.3. The summed E-state index contributed by atoms with van der Waals surface area (Å²) < 4.78 is 0. The first-order valence-electron chi connectivity index (χ1n) is 7.51. The van der Waals surface area contributed by atoms with Gasteiger partial charge in [-0.3, -0.25) is 14.6 Å². The van der Waals surface area contributed by atoms with E-state index in [9.17, 15) is 9.59 Å². The van der Waals surface area contributed by atoms with Crippen molar-refractivity contribution in [3.63, 3.8) is 0 Å². The van der Waals surface area contributed by atoms with E-state index in [1.165, 1.54) is 11.1 Å². The fraction of sp³-hybridized carbons (Fsp3) is 0.294. The van der Waals surface area contributed by atoms with Gasteiger partial charge in [0.15, 0.2) is 0 Å². The number of carbonyl (C=O) groups is 2. The molecule has 0 saturated carbocycles. The van der Waals surface area contributed by atoms with E-state index >= 15 is 0 Å². The molecule has 23 heavy (non-hydrogen) atoms. The molecule has 1 aromatic carbocycles. The molecule has 1 N–H and O–H groups in total. The molecule has 0 aliphatic carbocycles. The Morgan fingerprint density at radius 3 is 3.00 bits per heavy atom. The maximum absolute atomic E-state index is 12.3. The van der Waals surface area contributed by atoms with Crippen molar-refractivity contribution in [2.75, 3.05) is 13.1 Å². The number of nitriles is 1. The number of likely N-dealkylation sites (tertiary alicyclic amines) is 1. The van der Waals surface area contributed by atoms with Crippen molar-refractivity contribution in [1.29, 1.82) is 5.26 Å². The lowest BCUT2D eigenvalue weighted by atomic mass is 10.1. The first kappa shape index (κ1) is 15.0. The number of carbonyl (C=O) groups excluding carboxylic acids is 2.